The smallest absolute Gasteiger partial charge is 0.325 e. The van der Waals surface area contributed by atoms with Crippen molar-refractivity contribution >= 4 is 33.4 Å². The Balaban J connectivity index is 1.90. The van der Waals surface area contributed by atoms with Gasteiger partial charge in [0.2, 0.25) is 6.79 Å². The molecule has 1 amide bonds. The Morgan fingerprint density at radius 1 is 1.10 bits per heavy atom. The Hall–Kier alpha value is -3.53. The van der Waals surface area contributed by atoms with Crippen LogP contribution in [0.5, 0.6) is 23.0 Å². The number of hydrogen-bond acceptors (Lipinski definition) is 8. The highest BCUT2D eigenvalue weighted by molar-refractivity contribution is 7.16. The standard InChI is InChI=1S/C20H18N2O7S/c1-25-12-5-4-6-13(26-2)18(12)19(24)21-20-22(9-17(23)27-3)11-7-14-15(29-10-28-14)8-16(11)30-20/h4-8H,9-10H2,1-3H3. The molecule has 0 atom stereocenters. The molecule has 2 aromatic carbocycles. The van der Waals surface area contributed by atoms with Gasteiger partial charge >= 0.3 is 5.97 Å². The lowest BCUT2D eigenvalue weighted by molar-refractivity contribution is -0.141. The minimum atomic E-state index is -0.561. The number of thiazole rings is 1. The summed E-state index contributed by atoms with van der Waals surface area (Å²) < 4.78 is 28.6. The number of carbonyl (C=O) groups is 2. The molecular weight excluding hydrogens is 412 g/mol. The van der Waals surface area contributed by atoms with Crippen LogP contribution in [0.25, 0.3) is 10.2 Å². The number of fused-ring (bicyclic) bond motifs is 2. The van der Waals surface area contributed by atoms with E-state index in [9.17, 15) is 9.59 Å². The van der Waals surface area contributed by atoms with Gasteiger partial charge < -0.3 is 28.3 Å². The number of nitrogens with zero attached hydrogens (tertiary/aromatic N) is 2. The summed E-state index contributed by atoms with van der Waals surface area (Å²) in [5, 5.41) is 0. The maximum atomic E-state index is 13.1. The minimum absolute atomic E-state index is 0.120. The quantitative estimate of drug-likeness (QED) is 0.573. The lowest BCUT2D eigenvalue weighted by Gasteiger charge is -2.09. The monoisotopic (exact) mass is 430 g/mol. The third kappa shape index (κ3) is 3.45. The first kappa shape index (κ1) is 19.8. The average molecular weight is 430 g/mol. The van der Waals surface area contributed by atoms with Crippen LogP contribution in [0.1, 0.15) is 10.4 Å². The van der Waals surface area contributed by atoms with Gasteiger partial charge in [0.15, 0.2) is 16.3 Å². The first-order valence-electron chi connectivity index (χ1n) is 8.85. The number of amides is 1. The zero-order chi connectivity index (χ0) is 21.3. The van der Waals surface area contributed by atoms with Crippen LogP contribution in [0.3, 0.4) is 0 Å². The highest BCUT2D eigenvalue weighted by Gasteiger charge is 2.21. The van der Waals surface area contributed by atoms with Crippen LogP contribution in [0.15, 0.2) is 35.3 Å². The van der Waals surface area contributed by atoms with Gasteiger partial charge in [-0.1, -0.05) is 17.4 Å². The number of esters is 1. The molecule has 0 N–H and O–H groups in total. The molecule has 10 heteroatoms. The van der Waals surface area contributed by atoms with E-state index in [0.717, 1.165) is 4.70 Å². The van der Waals surface area contributed by atoms with Gasteiger partial charge in [-0.05, 0) is 12.1 Å². The zero-order valence-corrected chi connectivity index (χ0v) is 17.3. The van der Waals surface area contributed by atoms with E-state index >= 15 is 0 Å². The van der Waals surface area contributed by atoms with E-state index in [2.05, 4.69) is 4.99 Å². The number of rotatable bonds is 5. The van der Waals surface area contributed by atoms with Crippen LogP contribution in [-0.4, -0.2) is 44.6 Å². The van der Waals surface area contributed by atoms with E-state index in [1.54, 1.807) is 34.9 Å². The maximum Gasteiger partial charge on any atom is 0.325 e. The minimum Gasteiger partial charge on any atom is -0.496 e. The van der Waals surface area contributed by atoms with Gasteiger partial charge in [0.25, 0.3) is 5.91 Å². The molecule has 0 radical (unpaired) electrons. The second-order valence-electron chi connectivity index (χ2n) is 6.17. The fourth-order valence-corrected chi connectivity index (χ4v) is 4.13. The van der Waals surface area contributed by atoms with Crippen molar-refractivity contribution in [3.63, 3.8) is 0 Å². The molecule has 1 aliphatic rings. The normalized spacial score (nSPS) is 12.8. The van der Waals surface area contributed by atoms with Crippen LogP contribution in [0, 0.1) is 0 Å². The topological polar surface area (TPSA) is 97.6 Å². The molecular formula is C20H18N2O7S. The van der Waals surface area contributed by atoms with Crippen molar-refractivity contribution in [2.24, 2.45) is 4.99 Å². The van der Waals surface area contributed by atoms with Crippen molar-refractivity contribution in [3.05, 3.63) is 40.7 Å². The Morgan fingerprint density at radius 3 is 2.40 bits per heavy atom. The Labute approximate surface area is 175 Å². The second kappa shape index (κ2) is 8.07. The molecule has 0 aliphatic carbocycles. The molecule has 1 aromatic heterocycles. The summed E-state index contributed by atoms with van der Waals surface area (Å²) in [5.74, 6) is 0.793. The van der Waals surface area contributed by atoms with E-state index in [0.29, 0.717) is 33.3 Å². The van der Waals surface area contributed by atoms with E-state index in [1.807, 2.05) is 0 Å². The van der Waals surface area contributed by atoms with Gasteiger partial charge in [0.05, 0.1) is 31.5 Å². The van der Waals surface area contributed by atoms with Crippen LogP contribution in [0.4, 0.5) is 0 Å². The molecule has 1 aliphatic heterocycles. The van der Waals surface area contributed by atoms with E-state index in [1.165, 1.54) is 32.7 Å². The first-order valence-corrected chi connectivity index (χ1v) is 9.67. The van der Waals surface area contributed by atoms with Crippen LogP contribution in [0.2, 0.25) is 0 Å². The van der Waals surface area contributed by atoms with Crippen LogP contribution >= 0.6 is 11.3 Å². The van der Waals surface area contributed by atoms with Crippen molar-refractivity contribution in [2.75, 3.05) is 28.1 Å². The Morgan fingerprint density at radius 2 is 1.77 bits per heavy atom. The number of ether oxygens (including phenoxy) is 5. The van der Waals surface area contributed by atoms with Gasteiger partial charge in [-0.25, -0.2) is 0 Å². The summed E-state index contributed by atoms with van der Waals surface area (Å²) in [5.41, 5.74) is 0.868. The predicted octanol–water partition coefficient (Wildman–Crippen LogP) is 2.36. The number of benzene rings is 2. The van der Waals surface area contributed by atoms with Gasteiger partial charge in [-0.15, -0.1) is 0 Å². The van der Waals surface area contributed by atoms with Gasteiger partial charge in [0, 0.05) is 12.1 Å². The average Bonchev–Trinajstić information content (AvgIpc) is 3.35. The SMILES string of the molecule is COC(=O)Cn1c(=NC(=O)c2c(OC)cccc2OC)sc2cc3c(cc21)OCO3. The summed E-state index contributed by atoms with van der Waals surface area (Å²) in [6.45, 7) is 0.0121. The van der Waals surface area contributed by atoms with Gasteiger partial charge in [0.1, 0.15) is 23.6 Å². The molecule has 4 rings (SSSR count). The summed E-state index contributed by atoms with van der Waals surface area (Å²) in [7, 11) is 4.22. The largest absolute Gasteiger partial charge is 0.496 e. The summed E-state index contributed by atoms with van der Waals surface area (Å²) in [6.07, 6.45) is 0. The lowest BCUT2D eigenvalue weighted by Crippen LogP contribution is -2.22. The maximum absolute atomic E-state index is 13.1. The summed E-state index contributed by atoms with van der Waals surface area (Å²) >= 11 is 1.24. The molecule has 0 saturated carbocycles. The molecule has 0 saturated heterocycles. The molecule has 9 nitrogen and oxygen atoms in total. The highest BCUT2D eigenvalue weighted by Crippen LogP contribution is 2.37. The molecule has 0 spiro atoms. The Kier molecular flexibility index (Phi) is 5.32. The molecule has 0 fully saturated rings. The third-order valence-electron chi connectivity index (χ3n) is 4.53. The Bertz CT molecular complexity index is 1190. The van der Waals surface area contributed by atoms with Crippen molar-refractivity contribution in [2.45, 2.75) is 6.54 Å². The molecule has 156 valence electrons. The summed E-state index contributed by atoms with van der Waals surface area (Å²) in [4.78, 5) is 29.6. The molecule has 3 aromatic rings. The van der Waals surface area contributed by atoms with Crippen molar-refractivity contribution in [3.8, 4) is 23.0 Å². The fraction of sp³-hybridized carbons (Fsp3) is 0.250. The van der Waals surface area contributed by atoms with Gasteiger partial charge in [-0.3, -0.25) is 9.59 Å². The summed E-state index contributed by atoms with van der Waals surface area (Å²) in [6, 6.07) is 8.57. The third-order valence-corrected chi connectivity index (χ3v) is 5.57. The molecule has 0 bridgehead atoms. The van der Waals surface area contributed by atoms with Crippen molar-refractivity contribution in [1.29, 1.82) is 0 Å². The predicted molar refractivity (Wildman–Crippen MR) is 107 cm³/mol. The van der Waals surface area contributed by atoms with E-state index in [4.69, 9.17) is 23.7 Å². The first-order chi connectivity index (χ1) is 14.5. The van der Waals surface area contributed by atoms with Crippen molar-refractivity contribution < 1.29 is 33.3 Å². The number of methoxy groups -OCH3 is 3. The fourth-order valence-electron chi connectivity index (χ4n) is 3.10. The zero-order valence-electron chi connectivity index (χ0n) is 16.5. The van der Waals surface area contributed by atoms with Gasteiger partial charge in [-0.2, -0.15) is 4.99 Å². The van der Waals surface area contributed by atoms with Crippen molar-refractivity contribution in [1.82, 2.24) is 4.57 Å². The molecule has 2 heterocycles. The van der Waals surface area contributed by atoms with Crippen LogP contribution in [-0.2, 0) is 16.1 Å². The van der Waals surface area contributed by atoms with E-state index < -0.39 is 11.9 Å². The number of hydrogen-bond donors (Lipinski definition) is 0. The lowest BCUT2D eigenvalue weighted by atomic mass is 10.1. The molecule has 0 unspecified atom stereocenters. The second-order valence-corrected chi connectivity index (χ2v) is 7.18. The number of aromatic nitrogens is 1. The number of carbonyl (C=O) groups excluding carboxylic acids is 2. The molecule has 30 heavy (non-hydrogen) atoms. The van der Waals surface area contributed by atoms with E-state index in [-0.39, 0.29) is 18.9 Å². The highest BCUT2D eigenvalue weighted by atomic mass is 32.1. The van der Waals surface area contributed by atoms with Crippen LogP contribution < -0.4 is 23.7 Å².